The highest BCUT2D eigenvalue weighted by Gasteiger charge is 2.27. The summed E-state index contributed by atoms with van der Waals surface area (Å²) in [6, 6.07) is 1.23. The van der Waals surface area contributed by atoms with Crippen molar-refractivity contribution in [3.63, 3.8) is 0 Å². The van der Waals surface area contributed by atoms with Gasteiger partial charge in [-0.15, -0.1) is 5.10 Å². The largest absolute Gasteiger partial charge is 0.311 e. The summed E-state index contributed by atoms with van der Waals surface area (Å²) in [5, 5.41) is 11.9. The molecule has 19 heavy (non-hydrogen) atoms. The van der Waals surface area contributed by atoms with Crippen molar-refractivity contribution in [2.24, 2.45) is 13.0 Å². The summed E-state index contributed by atoms with van der Waals surface area (Å²) in [6.45, 7) is 9.98. The van der Waals surface area contributed by atoms with E-state index in [4.69, 9.17) is 0 Å². The molecule has 0 radical (unpaired) electrons. The summed E-state index contributed by atoms with van der Waals surface area (Å²) in [4.78, 5) is 2.58. The summed E-state index contributed by atoms with van der Waals surface area (Å²) in [5.41, 5.74) is 1.08. The van der Waals surface area contributed by atoms with Gasteiger partial charge in [-0.25, -0.2) is 0 Å². The zero-order valence-corrected chi connectivity index (χ0v) is 12.6. The lowest BCUT2D eigenvalue weighted by atomic mass is 9.98. The molecule has 0 saturated carbocycles. The second-order valence-electron chi connectivity index (χ2n) is 6.11. The summed E-state index contributed by atoms with van der Waals surface area (Å²) in [5.74, 6) is 0.731. The lowest BCUT2D eigenvalue weighted by Gasteiger charge is -2.40. The van der Waals surface area contributed by atoms with Crippen molar-refractivity contribution in [1.82, 2.24) is 25.2 Å². The van der Waals surface area contributed by atoms with Crippen molar-refractivity contribution < 1.29 is 0 Å². The minimum absolute atomic E-state index is 0.611. The van der Waals surface area contributed by atoms with Gasteiger partial charge in [0.1, 0.15) is 0 Å². The maximum absolute atomic E-state index is 4.23. The van der Waals surface area contributed by atoms with Crippen LogP contribution in [0, 0.1) is 5.92 Å². The predicted molar refractivity (Wildman–Crippen MR) is 76.7 cm³/mol. The van der Waals surface area contributed by atoms with E-state index in [-0.39, 0.29) is 0 Å². The molecule has 2 rings (SSSR count). The molecule has 1 aliphatic rings. The van der Waals surface area contributed by atoms with Crippen LogP contribution in [-0.2, 0) is 13.6 Å². The van der Waals surface area contributed by atoms with Gasteiger partial charge in [-0.1, -0.05) is 26.0 Å². The first kappa shape index (κ1) is 14.5. The van der Waals surface area contributed by atoms with Crippen molar-refractivity contribution in [2.75, 3.05) is 13.1 Å². The Morgan fingerprint density at radius 3 is 2.84 bits per heavy atom. The zero-order chi connectivity index (χ0) is 13.8. The van der Waals surface area contributed by atoms with Crippen LogP contribution in [0.4, 0.5) is 0 Å². The van der Waals surface area contributed by atoms with Crippen LogP contribution in [0.1, 0.15) is 39.3 Å². The molecule has 0 bridgehead atoms. The van der Waals surface area contributed by atoms with Crippen LogP contribution < -0.4 is 5.32 Å². The Labute approximate surface area is 116 Å². The van der Waals surface area contributed by atoms with Crippen LogP contribution in [0.15, 0.2) is 6.20 Å². The van der Waals surface area contributed by atoms with Crippen molar-refractivity contribution in [2.45, 2.75) is 52.2 Å². The Bertz CT molecular complexity index is 387. The molecule has 5 nitrogen and oxygen atoms in total. The number of hydrogen-bond donors (Lipinski definition) is 1. The molecule has 1 saturated heterocycles. The Balaban J connectivity index is 2.01. The second kappa shape index (κ2) is 6.48. The van der Waals surface area contributed by atoms with E-state index in [9.17, 15) is 0 Å². The number of hydrogen-bond acceptors (Lipinski definition) is 4. The second-order valence-corrected chi connectivity index (χ2v) is 6.11. The summed E-state index contributed by atoms with van der Waals surface area (Å²) in [6.07, 6.45) is 4.45. The fourth-order valence-electron chi connectivity index (χ4n) is 2.85. The summed E-state index contributed by atoms with van der Waals surface area (Å²) in [7, 11) is 1.93. The molecule has 0 amide bonds. The van der Waals surface area contributed by atoms with Gasteiger partial charge in [-0.2, -0.15) is 0 Å². The molecule has 1 N–H and O–H groups in total. The van der Waals surface area contributed by atoms with E-state index in [0.29, 0.717) is 12.1 Å². The Hall–Kier alpha value is -0.940. The minimum atomic E-state index is 0.611. The molecule has 108 valence electrons. The van der Waals surface area contributed by atoms with Crippen LogP contribution >= 0.6 is 0 Å². The van der Waals surface area contributed by atoms with Gasteiger partial charge in [0.05, 0.1) is 5.69 Å². The molecule has 1 aromatic rings. The third kappa shape index (κ3) is 4.01. The number of nitrogens with one attached hydrogen (secondary N) is 1. The molecule has 1 aliphatic heterocycles. The van der Waals surface area contributed by atoms with Crippen molar-refractivity contribution in [3.05, 3.63) is 11.9 Å². The molecular weight excluding hydrogens is 238 g/mol. The van der Waals surface area contributed by atoms with E-state index in [0.717, 1.165) is 31.2 Å². The zero-order valence-electron chi connectivity index (χ0n) is 12.6. The smallest absolute Gasteiger partial charge is 0.0967 e. The predicted octanol–water partition coefficient (Wildman–Crippen LogP) is 1.41. The van der Waals surface area contributed by atoms with E-state index < -0.39 is 0 Å². The summed E-state index contributed by atoms with van der Waals surface area (Å²) >= 11 is 0. The Kier molecular flexibility index (Phi) is 4.93. The fraction of sp³-hybridized carbons (Fsp3) is 0.857. The molecule has 2 unspecified atom stereocenters. The lowest BCUT2D eigenvalue weighted by Crippen LogP contribution is -2.56. The normalized spacial score (nSPS) is 25.1. The maximum atomic E-state index is 4.23. The molecule has 0 spiro atoms. The van der Waals surface area contributed by atoms with Crippen LogP contribution in [-0.4, -0.2) is 45.1 Å². The molecule has 1 aromatic heterocycles. The van der Waals surface area contributed by atoms with Gasteiger partial charge in [0.25, 0.3) is 0 Å². The highest BCUT2D eigenvalue weighted by molar-refractivity contribution is 4.95. The average Bonchev–Trinajstić information content (AvgIpc) is 2.76. The monoisotopic (exact) mass is 265 g/mol. The summed E-state index contributed by atoms with van der Waals surface area (Å²) < 4.78 is 1.78. The van der Waals surface area contributed by atoms with Gasteiger partial charge >= 0.3 is 0 Å². The van der Waals surface area contributed by atoms with Gasteiger partial charge in [-0.05, 0) is 18.8 Å². The van der Waals surface area contributed by atoms with Gasteiger partial charge < -0.3 is 5.32 Å². The molecular formula is C14H27N5. The first-order chi connectivity index (χ1) is 9.08. The number of rotatable bonds is 5. The molecule has 2 heterocycles. The minimum Gasteiger partial charge on any atom is -0.311 e. The number of aromatic nitrogens is 3. The first-order valence-electron chi connectivity index (χ1n) is 7.41. The Morgan fingerprint density at radius 2 is 2.26 bits per heavy atom. The molecule has 0 aromatic carbocycles. The van der Waals surface area contributed by atoms with Crippen LogP contribution in [0.3, 0.4) is 0 Å². The standard InChI is InChI=1S/C14H27N5/c1-5-12-9-19(10-13-8-18(4)17-16-13)14(7-15-12)6-11(2)3/h8,11-12,14-15H,5-7,9-10H2,1-4H3. The maximum Gasteiger partial charge on any atom is 0.0967 e. The van der Waals surface area contributed by atoms with Crippen LogP contribution in [0.5, 0.6) is 0 Å². The van der Waals surface area contributed by atoms with Gasteiger partial charge in [0, 0.05) is 45.0 Å². The average molecular weight is 265 g/mol. The molecule has 1 fully saturated rings. The number of piperazine rings is 1. The van der Waals surface area contributed by atoms with E-state index >= 15 is 0 Å². The molecule has 2 atom stereocenters. The van der Waals surface area contributed by atoms with Crippen LogP contribution in [0.25, 0.3) is 0 Å². The van der Waals surface area contributed by atoms with Gasteiger partial charge in [0.15, 0.2) is 0 Å². The topological polar surface area (TPSA) is 46.0 Å². The first-order valence-corrected chi connectivity index (χ1v) is 7.41. The van der Waals surface area contributed by atoms with Crippen LogP contribution in [0.2, 0.25) is 0 Å². The quantitative estimate of drug-likeness (QED) is 0.874. The van der Waals surface area contributed by atoms with E-state index in [2.05, 4.69) is 41.3 Å². The van der Waals surface area contributed by atoms with Crippen molar-refractivity contribution in [3.8, 4) is 0 Å². The number of nitrogens with zero attached hydrogens (tertiary/aromatic N) is 4. The van der Waals surface area contributed by atoms with Gasteiger partial charge in [-0.3, -0.25) is 9.58 Å². The fourth-order valence-corrected chi connectivity index (χ4v) is 2.85. The Morgan fingerprint density at radius 1 is 1.47 bits per heavy atom. The van der Waals surface area contributed by atoms with Crippen molar-refractivity contribution >= 4 is 0 Å². The molecule has 5 heteroatoms. The van der Waals surface area contributed by atoms with Gasteiger partial charge in [0.2, 0.25) is 0 Å². The lowest BCUT2D eigenvalue weighted by molar-refractivity contribution is 0.104. The molecule has 0 aliphatic carbocycles. The van der Waals surface area contributed by atoms with E-state index in [1.54, 1.807) is 4.68 Å². The number of aryl methyl sites for hydroxylation is 1. The van der Waals surface area contributed by atoms with E-state index in [1.807, 2.05) is 13.2 Å². The highest BCUT2D eigenvalue weighted by Crippen LogP contribution is 2.18. The highest BCUT2D eigenvalue weighted by atomic mass is 15.4. The third-order valence-electron chi connectivity index (χ3n) is 3.86. The van der Waals surface area contributed by atoms with E-state index in [1.165, 1.54) is 12.8 Å². The SMILES string of the molecule is CCC1CN(Cc2cn(C)nn2)C(CC(C)C)CN1. The third-order valence-corrected chi connectivity index (χ3v) is 3.86. The van der Waals surface area contributed by atoms with Crippen molar-refractivity contribution in [1.29, 1.82) is 0 Å².